The van der Waals surface area contributed by atoms with Crippen LogP contribution in [0.1, 0.15) is 57.6 Å². The first-order valence-corrected chi connectivity index (χ1v) is 8.13. The molecule has 1 saturated carbocycles. The Morgan fingerprint density at radius 2 is 1.86 bits per heavy atom. The van der Waals surface area contributed by atoms with Gasteiger partial charge < -0.3 is 14.8 Å². The third kappa shape index (κ3) is 4.13. The van der Waals surface area contributed by atoms with Crippen molar-refractivity contribution in [2.75, 3.05) is 14.2 Å². The lowest BCUT2D eigenvalue weighted by atomic mass is 9.95. The second kappa shape index (κ2) is 7.69. The third-order valence-electron chi connectivity index (χ3n) is 4.73. The Kier molecular flexibility index (Phi) is 5.92. The van der Waals surface area contributed by atoms with E-state index in [0.29, 0.717) is 6.04 Å². The van der Waals surface area contributed by atoms with E-state index in [2.05, 4.69) is 25.2 Å². The van der Waals surface area contributed by atoms with Crippen molar-refractivity contribution in [3.63, 3.8) is 0 Å². The van der Waals surface area contributed by atoms with Gasteiger partial charge in [-0.25, -0.2) is 0 Å². The first kappa shape index (κ1) is 16.2. The van der Waals surface area contributed by atoms with Gasteiger partial charge in [0.2, 0.25) is 0 Å². The molecule has 0 aromatic heterocycles. The van der Waals surface area contributed by atoms with E-state index < -0.39 is 0 Å². The van der Waals surface area contributed by atoms with E-state index in [0.717, 1.165) is 17.4 Å². The molecule has 0 amide bonds. The molecule has 1 N–H and O–H groups in total. The molecular formula is C18H29NO2. The predicted octanol–water partition coefficient (Wildman–Crippen LogP) is 4.32. The van der Waals surface area contributed by atoms with Crippen molar-refractivity contribution in [1.29, 1.82) is 0 Å². The van der Waals surface area contributed by atoms with E-state index in [1.54, 1.807) is 14.2 Å². The lowest BCUT2D eigenvalue weighted by Gasteiger charge is -2.28. The zero-order valence-corrected chi connectivity index (χ0v) is 13.8. The number of rotatable bonds is 5. The van der Waals surface area contributed by atoms with Crippen LogP contribution in [0.2, 0.25) is 0 Å². The Morgan fingerprint density at radius 1 is 1.10 bits per heavy atom. The molecule has 1 aliphatic carbocycles. The van der Waals surface area contributed by atoms with Crippen molar-refractivity contribution in [1.82, 2.24) is 5.32 Å². The molecule has 118 valence electrons. The monoisotopic (exact) mass is 291 g/mol. The van der Waals surface area contributed by atoms with Crippen LogP contribution in [0.5, 0.6) is 11.5 Å². The lowest BCUT2D eigenvalue weighted by Crippen LogP contribution is -2.36. The van der Waals surface area contributed by atoms with Gasteiger partial charge in [-0.3, -0.25) is 0 Å². The van der Waals surface area contributed by atoms with E-state index in [1.165, 1.54) is 37.7 Å². The first-order chi connectivity index (χ1) is 10.2. The standard InChI is InChI=1S/C18H29NO2/c1-13-8-6-5-7-9-17(13)19-14(2)16-11-10-15(20-3)12-18(16)21-4/h10-14,17,19H,5-9H2,1-4H3. The van der Waals surface area contributed by atoms with Gasteiger partial charge in [0, 0.05) is 23.7 Å². The van der Waals surface area contributed by atoms with Crippen LogP contribution in [0, 0.1) is 5.92 Å². The van der Waals surface area contributed by atoms with Crippen LogP contribution in [0.15, 0.2) is 18.2 Å². The smallest absolute Gasteiger partial charge is 0.127 e. The number of ether oxygens (including phenoxy) is 2. The number of hydrogen-bond acceptors (Lipinski definition) is 3. The van der Waals surface area contributed by atoms with Gasteiger partial charge in [-0.05, 0) is 31.7 Å². The number of nitrogens with one attached hydrogen (secondary N) is 1. The first-order valence-electron chi connectivity index (χ1n) is 8.13. The summed E-state index contributed by atoms with van der Waals surface area (Å²) in [5, 5.41) is 3.82. The summed E-state index contributed by atoms with van der Waals surface area (Å²) < 4.78 is 10.8. The Morgan fingerprint density at radius 3 is 2.57 bits per heavy atom. The summed E-state index contributed by atoms with van der Waals surface area (Å²) in [7, 11) is 3.41. The van der Waals surface area contributed by atoms with Crippen LogP contribution in [-0.4, -0.2) is 20.3 Å². The van der Waals surface area contributed by atoms with Crippen molar-refractivity contribution < 1.29 is 9.47 Å². The zero-order chi connectivity index (χ0) is 15.2. The average molecular weight is 291 g/mol. The molecule has 1 aliphatic rings. The minimum absolute atomic E-state index is 0.288. The van der Waals surface area contributed by atoms with E-state index >= 15 is 0 Å². The minimum Gasteiger partial charge on any atom is -0.497 e. The van der Waals surface area contributed by atoms with E-state index in [-0.39, 0.29) is 6.04 Å². The molecule has 3 nitrogen and oxygen atoms in total. The number of methoxy groups -OCH3 is 2. The fourth-order valence-corrected chi connectivity index (χ4v) is 3.33. The van der Waals surface area contributed by atoms with Gasteiger partial charge in [0.05, 0.1) is 14.2 Å². The largest absolute Gasteiger partial charge is 0.497 e. The summed E-state index contributed by atoms with van der Waals surface area (Å²) in [6, 6.07) is 6.97. The van der Waals surface area contributed by atoms with Crippen molar-refractivity contribution in [3.8, 4) is 11.5 Å². The molecule has 0 radical (unpaired) electrons. The summed E-state index contributed by atoms with van der Waals surface area (Å²) in [5.74, 6) is 2.49. The highest BCUT2D eigenvalue weighted by Gasteiger charge is 2.23. The molecule has 0 spiro atoms. The molecule has 1 fully saturated rings. The lowest BCUT2D eigenvalue weighted by molar-refractivity contribution is 0.323. The van der Waals surface area contributed by atoms with Gasteiger partial charge in [0.25, 0.3) is 0 Å². The minimum atomic E-state index is 0.288. The summed E-state index contributed by atoms with van der Waals surface area (Å²) in [4.78, 5) is 0. The maximum atomic E-state index is 5.53. The van der Waals surface area contributed by atoms with Gasteiger partial charge >= 0.3 is 0 Å². The van der Waals surface area contributed by atoms with Gasteiger partial charge in [0.1, 0.15) is 11.5 Å². The summed E-state index contributed by atoms with van der Waals surface area (Å²) in [6.07, 6.45) is 6.71. The van der Waals surface area contributed by atoms with Gasteiger partial charge in [0.15, 0.2) is 0 Å². The highest BCUT2D eigenvalue weighted by Crippen LogP contribution is 2.31. The number of benzene rings is 1. The quantitative estimate of drug-likeness (QED) is 0.819. The van der Waals surface area contributed by atoms with Crippen molar-refractivity contribution in [2.45, 2.75) is 58.0 Å². The van der Waals surface area contributed by atoms with Crippen molar-refractivity contribution in [3.05, 3.63) is 23.8 Å². The Balaban J connectivity index is 2.10. The SMILES string of the molecule is COc1ccc(C(C)NC2CCCCCC2C)c(OC)c1. The molecule has 1 aromatic rings. The fraction of sp³-hybridized carbons (Fsp3) is 0.667. The molecular weight excluding hydrogens is 262 g/mol. The molecule has 3 heteroatoms. The molecule has 3 unspecified atom stereocenters. The summed E-state index contributed by atoms with van der Waals surface area (Å²) in [6.45, 7) is 4.60. The topological polar surface area (TPSA) is 30.5 Å². The van der Waals surface area contributed by atoms with Crippen LogP contribution in [0.3, 0.4) is 0 Å². The molecule has 2 rings (SSSR count). The van der Waals surface area contributed by atoms with Crippen molar-refractivity contribution in [2.24, 2.45) is 5.92 Å². The van der Waals surface area contributed by atoms with E-state index in [9.17, 15) is 0 Å². The second-order valence-electron chi connectivity index (χ2n) is 6.22. The second-order valence-corrected chi connectivity index (χ2v) is 6.22. The Labute approximate surface area is 129 Å². The third-order valence-corrected chi connectivity index (χ3v) is 4.73. The normalized spacial score (nSPS) is 24.2. The van der Waals surface area contributed by atoms with Crippen LogP contribution in [0.25, 0.3) is 0 Å². The maximum absolute atomic E-state index is 5.53. The molecule has 0 heterocycles. The fourth-order valence-electron chi connectivity index (χ4n) is 3.33. The Hall–Kier alpha value is -1.22. The van der Waals surface area contributed by atoms with E-state index in [4.69, 9.17) is 9.47 Å². The predicted molar refractivity (Wildman–Crippen MR) is 87.1 cm³/mol. The molecule has 3 atom stereocenters. The highest BCUT2D eigenvalue weighted by atomic mass is 16.5. The number of hydrogen-bond donors (Lipinski definition) is 1. The highest BCUT2D eigenvalue weighted by molar-refractivity contribution is 5.42. The molecule has 21 heavy (non-hydrogen) atoms. The van der Waals surface area contributed by atoms with Crippen molar-refractivity contribution >= 4 is 0 Å². The maximum Gasteiger partial charge on any atom is 0.127 e. The van der Waals surface area contributed by atoms with Crippen LogP contribution in [-0.2, 0) is 0 Å². The van der Waals surface area contributed by atoms with Gasteiger partial charge in [-0.2, -0.15) is 0 Å². The van der Waals surface area contributed by atoms with Gasteiger partial charge in [-0.1, -0.05) is 32.3 Å². The molecule has 1 aromatic carbocycles. The Bertz CT molecular complexity index is 447. The molecule has 0 aliphatic heterocycles. The summed E-state index contributed by atoms with van der Waals surface area (Å²) in [5.41, 5.74) is 1.20. The van der Waals surface area contributed by atoms with Crippen LogP contribution >= 0.6 is 0 Å². The van der Waals surface area contributed by atoms with Gasteiger partial charge in [-0.15, -0.1) is 0 Å². The average Bonchev–Trinajstić information content (AvgIpc) is 2.71. The molecule has 0 saturated heterocycles. The summed E-state index contributed by atoms with van der Waals surface area (Å²) >= 11 is 0. The molecule has 0 bridgehead atoms. The van der Waals surface area contributed by atoms with E-state index in [1.807, 2.05) is 12.1 Å². The zero-order valence-electron chi connectivity index (χ0n) is 13.8. The van der Waals surface area contributed by atoms with Crippen LogP contribution < -0.4 is 14.8 Å². The van der Waals surface area contributed by atoms with Crippen LogP contribution in [0.4, 0.5) is 0 Å².